The monoisotopic (exact) mass is 376 g/mol. The summed E-state index contributed by atoms with van der Waals surface area (Å²) in [6.45, 7) is 0. The van der Waals surface area contributed by atoms with Crippen molar-refractivity contribution in [1.29, 1.82) is 0 Å². The predicted molar refractivity (Wildman–Crippen MR) is 100 cm³/mol. The first kappa shape index (κ1) is 17.0. The van der Waals surface area contributed by atoms with Crippen LogP contribution in [-0.4, -0.2) is 23.0 Å². The lowest BCUT2D eigenvalue weighted by Gasteiger charge is -2.22. The van der Waals surface area contributed by atoms with Gasteiger partial charge in [-0.2, -0.15) is 0 Å². The van der Waals surface area contributed by atoms with Gasteiger partial charge in [-0.25, -0.2) is 14.8 Å². The average molecular weight is 377 g/mol. The van der Waals surface area contributed by atoms with Crippen molar-refractivity contribution in [3.63, 3.8) is 0 Å². The van der Waals surface area contributed by atoms with E-state index in [2.05, 4.69) is 4.98 Å². The molecule has 25 heavy (non-hydrogen) atoms. The summed E-state index contributed by atoms with van der Waals surface area (Å²) in [4.78, 5) is 23.4. The third-order valence-corrected chi connectivity index (χ3v) is 6.76. The highest BCUT2D eigenvalue weighted by Crippen LogP contribution is 2.40. The molecule has 2 aromatic heterocycles. The number of aryl methyl sites for hydroxylation is 2. The molecule has 0 unspecified atom stereocenters. The average Bonchev–Trinajstić information content (AvgIpc) is 3.01. The molecule has 2 aliphatic rings. The first-order valence-electron chi connectivity index (χ1n) is 8.90. The Kier molecular flexibility index (Phi) is 4.78. The Morgan fingerprint density at radius 2 is 1.96 bits per heavy atom. The maximum Gasteiger partial charge on any atom is 0.330 e. The molecule has 132 valence electrons. The van der Waals surface area contributed by atoms with Crippen LogP contribution in [0, 0.1) is 0 Å². The number of thiophene rings is 1. The fraction of sp³-hybridized carbons (Fsp3) is 0.526. The number of hydrogen-bond acceptors (Lipinski definition) is 5. The number of aromatic nitrogens is 2. The van der Waals surface area contributed by atoms with E-state index in [9.17, 15) is 4.79 Å². The molecule has 0 bridgehead atoms. The van der Waals surface area contributed by atoms with Crippen LogP contribution >= 0.6 is 22.9 Å². The number of ether oxygens (including phenoxy) is 1. The lowest BCUT2D eigenvalue weighted by Crippen LogP contribution is -2.11. The summed E-state index contributed by atoms with van der Waals surface area (Å²) in [5.74, 6) is 0.919. The van der Waals surface area contributed by atoms with Crippen LogP contribution < -0.4 is 0 Å². The van der Waals surface area contributed by atoms with Gasteiger partial charge in [0.15, 0.2) is 0 Å². The molecule has 0 aromatic carbocycles. The topological polar surface area (TPSA) is 52.1 Å². The van der Waals surface area contributed by atoms with Crippen LogP contribution in [0.3, 0.4) is 0 Å². The van der Waals surface area contributed by atoms with Crippen molar-refractivity contribution in [2.45, 2.75) is 57.3 Å². The highest BCUT2D eigenvalue weighted by atomic mass is 35.5. The third kappa shape index (κ3) is 3.32. The molecular formula is C19H21ClN2O2S. The second-order valence-electron chi connectivity index (χ2n) is 6.86. The molecule has 4 nitrogen and oxygen atoms in total. The minimum absolute atomic E-state index is 0.265. The number of halogens is 1. The first-order valence-corrected chi connectivity index (χ1v) is 10.1. The van der Waals surface area contributed by atoms with Crippen molar-refractivity contribution in [3.8, 4) is 0 Å². The van der Waals surface area contributed by atoms with Crippen molar-refractivity contribution < 1.29 is 9.53 Å². The zero-order valence-electron chi connectivity index (χ0n) is 14.3. The number of hydrogen-bond donors (Lipinski definition) is 0. The largest absolute Gasteiger partial charge is 0.466 e. The van der Waals surface area contributed by atoms with Gasteiger partial charge in [-0.05, 0) is 56.9 Å². The fourth-order valence-electron chi connectivity index (χ4n) is 3.93. The molecule has 4 rings (SSSR count). The van der Waals surface area contributed by atoms with E-state index in [4.69, 9.17) is 21.3 Å². The van der Waals surface area contributed by atoms with Gasteiger partial charge in [-0.3, -0.25) is 0 Å². The van der Waals surface area contributed by atoms with Gasteiger partial charge in [0, 0.05) is 16.9 Å². The summed E-state index contributed by atoms with van der Waals surface area (Å²) < 4.78 is 4.71. The number of fused-ring (bicyclic) bond motifs is 3. The number of carbonyl (C=O) groups is 1. The predicted octanol–water partition coefficient (Wildman–Crippen LogP) is 4.98. The molecule has 0 aliphatic heterocycles. The van der Waals surface area contributed by atoms with Gasteiger partial charge in [-0.1, -0.05) is 17.2 Å². The van der Waals surface area contributed by atoms with Crippen LogP contribution in [0.5, 0.6) is 0 Å². The normalized spacial score (nSPS) is 20.4. The molecule has 0 amide bonds. The van der Waals surface area contributed by atoms with Crippen molar-refractivity contribution >= 4 is 39.1 Å². The van der Waals surface area contributed by atoms with Gasteiger partial charge in [0.2, 0.25) is 0 Å². The minimum atomic E-state index is -0.265. The van der Waals surface area contributed by atoms with E-state index in [1.54, 1.807) is 17.4 Å². The number of methoxy groups -OCH3 is 1. The fourth-order valence-corrected chi connectivity index (χ4v) is 5.54. The maximum atomic E-state index is 11.4. The number of rotatable bonds is 2. The molecule has 1 saturated carbocycles. The standard InChI is InChI=1S/C19H21ClN2O2S/c1-24-15(23)10-11-6-8-12(9-7-11)18-21-17(20)16-13-4-2-3-5-14(13)25-19(16)22-18/h10,12H,2-9H2,1H3. The first-order chi connectivity index (χ1) is 12.2. The van der Waals surface area contributed by atoms with Gasteiger partial charge < -0.3 is 4.74 Å². The van der Waals surface area contributed by atoms with E-state index in [1.807, 2.05) is 0 Å². The van der Waals surface area contributed by atoms with E-state index in [0.717, 1.165) is 60.1 Å². The number of allylic oxidation sites excluding steroid dienone is 1. The Bertz CT molecular complexity index is 849. The second-order valence-corrected chi connectivity index (χ2v) is 8.31. The molecule has 0 saturated heterocycles. The van der Waals surface area contributed by atoms with Gasteiger partial charge in [0.05, 0.1) is 12.5 Å². The zero-order valence-corrected chi connectivity index (χ0v) is 15.9. The molecule has 6 heteroatoms. The Balaban J connectivity index is 1.59. The molecule has 2 heterocycles. The van der Waals surface area contributed by atoms with Crippen molar-refractivity contribution in [2.24, 2.45) is 0 Å². The zero-order chi connectivity index (χ0) is 17.4. The summed E-state index contributed by atoms with van der Waals surface area (Å²) >= 11 is 8.35. The lowest BCUT2D eigenvalue weighted by molar-refractivity contribution is -0.134. The lowest BCUT2D eigenvalue weighted by atomic mass is 9.85. The van der Waals surface area contributed by atoms with Crippen molar-refractivity contribution in [3.05, 3.63) is 33.1 Å². The van der Waals surface area contributed by atoms with Crippen molar-refractivity contribution in [2.75, 3.05) is 7.11 Å². The van der Waals surface area contributed by atoms with E-state index < -0.39 is 0 Å². The highest BCUT2D eigenvalue weighted by Gasteiger charge is 2.25. The number of carbonyl (C=O) groups excluding carboxylic acids is 1. The molecule has 0 N–H and O–H groups in total. The smallest absolute Gasteiger partial charge is 0.330 e. The van der Waals surface area contributed by atoms with E-state index in [0.29, 0.717) is 11.1 Å². The van der Waals surface area contributed by atoms with Gasteiger partial charge in [-0.15, -0.1) is 11.3 Å². The SMILES string of the molecule is COC(=O)C=C1CCC(c2nc(Cl)c3c4c(sc3n2)CCCC4)CC1. The summed E-state index contributed by atoms with van der Waals surface area (Å²) in [6.07, 6.45) is 10.0. The van der Waals surface area contributed by atoms with Gasteiger partial charge in [0.25, 0.3) is 0 Å². The van der Waals surface area contributed by atoms with Crippen molar-refractivity contribution in [1.82, 2.24) is 9.97 Å². The Hall–Kier alpha value is -1.46. The molecule has 2 aliphatic carbocycles. The molecule has 2 aromatic rings. The van der Waals surface area contributed by atoms with Crippen LogP contribution in [-0.2, 0) is 22.4 Å². The van der Waals surface area contributed by atoms with Crippen LogP contribution in [0.15, 0.2) is 11.6 Å². The minimum Gasteiger partial charge on any atom is -0.466 e. The van der Waals surface area contributed by atoms with E-state index >= 15 is 0 Å². The number of nitrogens with zero attached hydrogens (tertiary/aromatic N) is 2. The van der Waals surface area contributed by atoms with Gasteiger partial charge in [0.1, 0.15) is 15.8 Å². The van der Waals surface area contributed by atoms with E-state index in [-0.39, 0.29) is 5.97 Å². The third-order valence-electron chi connectivity index (χ3n) is 5.30. The highest BCUT2D eigenvalue weighted by molar-refractivity contribution is 7.19. The summed E-state index contributed by atoms with van der Waals surface area (Å²) in [6, 6.07) is 0. The summed E-state index contributed by atoms with van der Waals surface area (Å²) in [5.41, 5.74) is 2.54. The van der Waals surface area contributed by atoms with Crippen LogP contribution in [0.2, 0.25) is 5.15 Å². The van der Waals surface area contributed by atoms with E-state index in [1.165, 1.54) is 30.4 Å². The maximum absolute atomic E-state index is 11.4. The van der Waals surface area contributed by atoms with Crippen LogP contribution in [0.1, 0.15) is 60.7 Å². The molecule has 0 spiro atoms. The second kappa shape index (κ2) is 7.04. The molecule has 1 fully saturated rings. The molecule has 0 radical (unpaired) electrons. The Labute approximate surface area is 156 Å². The summed E-state index contributed by atoms with van der Waals surface area (Å²) in [5, 5.41) is 1.71. The Morgan fingerprint density at radius 3 is 2.72 bits per heavy atom. The quantitative estimate of drug-likeness (QED) is 0.421. The van der Waals surface area contributed by atoms with Crippen LogP contribution in [0.4, 0.5) is 0 Å². The molecule has 0 atom stereocenters. The summed E-state index contributed by atoms with van der Waals surface area (Å²) in [7, 11) is 1.41. The van der Waals surface area contributed by atoms with Crippen LogP contribution in [0.25, 0.3) is 10.2 Å². The van der Waals surface area contributed by atoms with Gasteiger partial charge >= 0.3 is 5.97 Å². The number of esters is 1. The molecular weight excluding hydrogens is 356 g/mol. The Morgan fingerprint density at radius 1 is 1.20 bits per heavy atom.